The summed E-state index contributed by atoms with van der Waals surface area (Å²) in [5, 5.41) is 0.381. The van der Waals surface area contributed by atoms with Gasteiger partial charge in [-0.15, -0.1) is 0 Å². The number of benzene rings is 1. The van der Waals surface area contributed by atoms with Crippen LogP contribution in [0.15, 0.2) is 34.7 Å². The van der Waals surface area contributed by atoms with Crippen molar-refractivity contribution in [1.82, 2.24) is 0 Å². The molecule has 0 saturated heterocycles. The number of furan rings is 1. The molecule has 3 rings (SSSR count). The van der Waals surface area contributed by atoms with E-state index in [9.17, 15) is 0 Å². The first-order valence-corrected chi connectivity index (χ1v) is 6.82. The quantitative estimate of drug-likeness (QED) is 0.774. The minimum absolute atomic E-state index is 0.0548. The molecule has 1 aromatic carbocycles. The van der Waals surface area contributed by atoms with E-state index in [0.717, 1.165) is 22.8 Å². The molecule has 0 radical (unpaired) electrons. The van der Waals surface area contributed by atoms with E-state index in [0.29, 0.717) is 18.4 Å². The Bertz CT molecular complexity index is 567. The van der Waals surface area contributed by atoms with Gasteiger partial charge < -0.3 is 13.9 Å². The van der Waals surface area contributed by atoms with Crippen LogP contribution in [0.4, 0.5) is 0 Å². The molecule has 1 aliphatic rings. The van der Waals surface area contributed by atoms with Gasteiger partial charge in [-0.3, -0.25) is 0 Å². The molecule has 18 heavy (non-hydrogen) atoms. The standard InChI is InChI=1S/C13H10BrClO3/c14-13(10-3-4-12(15)18-10)8-1-2-9-11(7-8)17-6-5-16-9/h1-4,7,13H,5-6H2. The van der Waals surface area contributed by atoms with E-state index in [2.05, 4.69) is 15.9 Å². The van der Waals surface area contributed by atoms with E-state index >= 15 is 0 Å². The lowest BCUT2D eigenvalue weighted by Gasteiger charge is -2.19. The summed E-state index contributed by atoms with van der Waals surface area (Å²) in [6.07, 6.45) is 0. The van der Waals surface area contributed by atoms with Gasteiger partial charge in [-0.25, -0.2) is 0 Å². The second kappa shape index (κ2) is 4.86. The van der Waals surface area contributed by atoms with Crippen LogP contribution in [0.2, 0.25) is 5.22 Å². The minimum Gasteiger partial charge on any atom is -0.486 e. The number of ether oxygens (including phenoxy) is 2. The van der Waals surface area contributed by atoms with Gasteiger partial charge >= 0.3 is 0 Å². The predicted molar refractivity (Wildman–Crippen MR) is 71.9 cm³/mol. The summed E-state index contributed by atoms with van der Waals surface area (Å²) in [6.45, 7) is 1.17. The van der Waals surface area contributed by atoms with Crippen molar-refractivity contribution in [3.8, 4) is 11.5 Å². The SMILES string of the molecule is Clc1ccc(C(Br)c2ccc3c(c2)OCCO3)o1. The average molecular weight is 330 g/mol. The van der Waals surface area contributed by atoms with Gasteiger partial charge in [-0.2, -0.15) is 0 Å². The molecule has 5 heteroatoms. The Balaban J connectivity index is 1.92. The molecule has 0 bridgehead atoms. The van der Waals surface area contributed by atoms with Crippen molar-refractivity contribution in [1.29, 1.82) is 0 Å². The number of hydrogen-bond acceptors (Lipinski definition) is 3. The Hall–Kier alpha value is -1.13. The van der Waals surface area contributed by atoms with E-state index in [1.54, 1.807) is 6.07 Å². The van der Waals surface area contributed by atoms with Crippen molar-refractivity contribution in [3.63, 3.8) is 0 Å². The zero-order chi connectivity index (χ0) is 12.5. The molecule has 1 aliphatic heterocycles. The van der Waals surface area contributed by atoms with E-state index in [-0.39, 0.29) is 4.83 Å². The topological polar surface area (TPSA) is 31.6 Å². The second-order valence-electron chi connectivity index (χ2n) is 3.91. The molecule has 0 saturated carbocycles. The summed E-state index contributed by atoms with van der Waals surface area (Å²) in [5.74, 6) is 2.31. The third-order valence-electron chi connectivity index (χ3n) is 2.70. The van der Waals surface area contributed by atoms with Gasteiger partial charge in [0.2, 0.25) is 0 Å². The molecule has 0 spiro atoms. The van der Waals surface area contributed by atoms with Crippen molar-refractivity contribution in [2.24, 2.45) is 0 Å². The maximum Gasteiger partial charge on any atom is 0.193 e. The van der Waals surface area contributed by atoms with Crippen molar-refractivity contribution < 1.29 is 13.9 Å². The highest BCUT2D eigenvalue weighted by Gasteiger charge is 2.18. The molecule has 2 aromatic rings. The fourth-order valence-corrected chi connectivity index (χ4v) is 2.53. The van der Waals surface area contributed by atoms with E-state index in [1.165, 1.54) is 0 Å². The molecule has 94 valence electrons. The maximum atomic E-state index is 5.78. The first-order valence-electron chi connectivity index (χ1n) is 5.53. The molecule has 1 aromatic heterocycles. The van der Waals surface area contributed by atoms with Crippen LogP contribution < -0.4 is 9.47 Å². The maximum absolute atomic E-state index is 5.78. The first-order chi connectivity index (χ1) is 8.74. The van der Waals surface area contributed by atoms with Crippen LogP contribution >= 0.6 is 27.5 Å². The van der Waals surface area contributed by atoms with Gasteiger partial charge in [0.05, 0.1) is 4.83 Å². The molecule has 0 amide bonds. The summed E-state index contributed by atoms with van der Waals surface area (Å²) in [4.78, 5) is -0.0548. The third-order valence-corrected chi connectivity index (χ3v) is 3.89. The Morgan fingerprint density at radius 3 is 2.56 bits per heavy atom. The van der Waals surface area contributed by atoms with Crippen LogP contribution in [-0.4, -0.2) is 13.2 Å². The van der Waals surface area contributed by atoms with Crippen molar-refractivity contribution in [2.45, 2.75) is 4.83 Å². The molecule has 1 atom stereocenters. The van der Waals surface area contributed by atoms with Gasteiger partial charge in [0, 0.05) is 0 Å². The summed E-state index contributed by atoms with van der Waals surface area (Å²) in [5.41, 5.74) is 1.03. The molecule has 0 fully saturated rings. The number of hydrogen-bond donors (Lipinski definition) is 0. The molecule has 3 nitrogen and oxygen atoms in total. The average Bonchev–Trinajstić information content (AvgIpc) is 2.84. The zero-order valence-electron chi connectivity index (χ0n) is 9.36. The Morgan fingerprint density at radius 1 is 1.06 bits per heavy atom. The summed E-state index contributed by atoms with van der Waals surface area (Å²) in [7, 11) is 0. The fourth-order valence-electron chi connectivity index (χ4n) is 1.85. The molecule has 0 aliphatic carbocycles. The minimum atomic E-state index is -0.0548. The van der Waals surface area contributed by atoms with E-state index in [1.807, 2.05) is 24.3 Å². The lowest BCUT2D eigenvalue weighted by Crippen LogP contribution is -2.15. The Morgan fingerprint density at radius 2 is 1.83 bits per heavy atom. The largest absolute Gasteiger partial charge is 0.486 e. The first kappa shape index (κ1) is 11.9. The smallest absolute Gasteiger partial charge is 0.193 e. The number of fused-ring (bicyclic) bond motifs is 1. The van der Waals surface area contributed by atoms with Crippen molar-refractivity contribution in [2.75, 3.05) is 13.2 Å². The van der Waals surface area contributed by atoms with Gasteiger partial charge in [0.1, 0.15) is 19.0 Å². The van der Waals surface area contributed by atoms with Crippen molar-refractivity contribution in [3.05, 3.63) is 46.9 Å². The highest BCUT2D eigenvalue weighted by Crippen LogP contribution is 2.38. The number of rotatable bonds is 2. The van der Waals surface area contributed by atoms with Crippen molar-refractivity contribution >= 4 is 27.5 Å². The summed E-state index contributed by atoms with van der Waals surface area (Å²) in [6, 6.07) is 9.40. The second-order valence-corrected chi connectivity index (χ2v) is 5.20. The monoisotopic (exact) mass is 328 g/mol. The molecular formula is C13H10BrClO3. The lowest BCUT2D eigenvalue weighted by molar-refractivity contribution is 0.171. The highest BCUT2D eigenvalue weighted by molar-refractivity contribution is 9.09. The molecule has 1 unspecified atom stereocenters. The van der Waals surface area contributed by atoms with Gasteiger partial charge in [-0.1, -0.05) is 22.0 Å². The number of halogens is 2. The Labute approximate surface area is 118 Å². The number of alkyl halides is 1. The molecule has 2 heterocycles. The van der Waals surface area contributed by atoms with Crippen LogP contribution in [0.3, 0.4) is 0 Å². The van der Waals surface area contributed by atoms with Gasteiger partial charge in [0.25, 0.3) is 0 Å². The van der Waals surface area contributed by atoms with Crippen LogP contribution in [0.25, 0.3) is 0 Å². The van der Waals surface area contributed by atoms with Gasteiger partial charge in [-0.05, 0) is 41.4 Å². The lowest BCUT2D eigenvalue weighted by atomic mass is 10.1. The molecule has 0 N–H and O–H groups in total. The van der Waals surface area contributed by atoms with E-state index in [4.69, 9.17) is 25.5 Å². The third kappa shape index (κ3) is 2.22. The van der Waals surface area contributed by atoms with Crippen LogP contribution in [0, 0.1) is 0 Å². The fraction of sp³-hybridized carbons (Fsp3) is 0.231. The molecular weight excluding hydrogens is 319 g/mol. The highest BCUT2D eigenvalue weighted by atomic mass is 79.9. The van der Waals surface area contributed by atoms with Crippen LogP contribution in [0.1, 0.15) is 16.2 Å². The van der Waals surface area contributed by atoms with Crippen LogP contribution in [0.5, 0.6) is 11.5 Å². The van der Waals surface area contributed by atoms with Gasteiger partial charge in [0.15, 0.2) is 16.7 Å². The summed E-state index contributed by atoms with van der Waals surface area (Å²) >= 11 is 9.36. The zero-order valence-corrected chi connectivity index (χ0v) is 11.7. The predicted octanol–water partition coefficient (Wildman–Crippen LogP) is 4.19. The van der Waals surface area contributed by atoms with Crippen LogP contribution in [-0.2, 0) is 0 Å². The van der Waals surface area contributed by atoms with E-state index < -0.39 is 0 Å². The normalized spacial score (nSPS) is 15.4. The Kier molecular flexibility index (Phi) is 3.22. The summed E-state index contributed by atoms with van der Waals surface area (Å²) < 4.78 is 16.4.